The maximum Gasteiger partial charge on any atom is 1.00 e. The summed E-state index contributed by atoms with van der Waals surface area (Å²) in [7, 11) is 0. The summed E-state index contributed by atoms with van der Waals surface area (Å²) >= 11 is 4.87. The van der Waals surface area contributed by atoms with Gasteiger partial charge in [0.15, 0.2) is 17.6 Å². The molecule has 0 radical (unpaired) electrons. The molecule has 3 aromatic rings. The summed E-state index contributed by atoms with van der Waals surface area (Å²) in [6, 6.07) is 12.7. The van der Waals surface area contributed by atoms with Gasteiger partial charge in [-0.2, -0.15) is 4.90 Å². The maximum atomic E-state index is 10.6. The van der Waals surface area contributed by atoms with Crippen molar-refractivity contribution in [3.05, 3.63) is 59.4 Å². The fraction of sp³-hybridized carbons (Fsp3) is 0.118. The molecule has 0 saturated carbocycles. The van der Waals surface area contributed by atoms with Crippen molar-refractivity contribution in [2.45, 2.75) is 18.7 Å². The van der Waals surface area contributed by atoms with Crippen molar-refractivity contribution in [2.24, 2.45) is 0 Å². The minimum Gasteiger partial charge on any atom is -0.780 e. The van der Waals surface area contributed by atoms with Crippen LogP contribution in [-0.2, 0) is 12.6 Å². The number of benzene rings is 2. The van der Waals surface area contributed by atoms with E-state index >= 15 is 0 Å². The molecule has 0 aliphatic carbocycles. The molecule has 0 fully saturated rings. The van der Waals surface area contributed by atoms with Crippen LogP contribution < -0.4 is 29.6 Å². The molecule has 1 aromatic heterocycles. The number of carbonyl (C=O) groups excluding carboxylic acids is 1. The number of rotatable bonds is 1. The third-order valence-electron chi connectivity index (χ3n) is 2.97. The van der Waals surface area contributed by atoms with E-state index in [-0.39, 0.29) is 35.3 Å². The average molecular weight is 322 g/mol. The van der Waals surface area contributed by atoms with E-state index in [4.69, 9.17) is 17.0 Å². The normalized spacial score (nSPS) is 9.55. The molecule has 3 nitrogen and oxygen atoms in total. The number of fused-ring (bicyclic) bond motifs is 1. The number of hydrogen-bond acceptors (Lipinski definition) is 4. The summed E-state index contributed by atoms with van der Waals surface area (Å²) in [4.78, 5) is 11.5. The van der Waals surface area contributed by atoms with Gasteiger partial charge in [-0.3, -0.25) is 4.79 Å². The molecule has 0 saturated heterocycles. The molecule has 22 heavy (non-hydrogen) atoms. The van der Waals surface area contributed by atoms with Crippen LogP contribution in [0.1, 0.15) is 21.7 Å². The standard InChI is InChI=1S/C10H8O3.C7H8S.Na/c1-6-4-8-7(5-11)2-3-9(12)10(8)13-6;1-6-2-4-7(8)5-3-6;/h2-5,12H,1H3;2-5,8H,1H3;/q;;+1/p-1. The average Bonchev–Trinajstić information content (AvgIpc) is 2.86. The molecular weight excluding hydrogens is 307 g/mol. The zero-order valence-corrected chi connectivity index (χ0v) is 15.6. The van der Waals surface area contributed by atoms with E-state index in [2.05, 4.69) is 6.92 Å². The second-order valence-electron chi connectivity index (χ2n) is 4.70. The predicted octanol–water partition coefficient (Wildman–Crippen LogP) is 1.16. The SMILES string of the molecule is Cc1cc2c(C=O)ccc(O)c2o1.Cc1ccc([S-])cc1.[Na+]. The Kier molecular flexibility index (Phi) is 7.10. The van der Waals surface area contributed by atoms with Gasteiger partial charge in [-0.05, 0) is 32.0 Å². The van der Waals surface area contributed by atoms with E-state index in [1.54, 1.807) is 19.1 Å². The summed E-state index contributed by atoms with van der Waals surface area (Å²) < 4.78 is 5.23. The molecule has 0 aliphatic rings. The number of phenols is 1. The Morgan fingerprint density at radius 1 is 1.09 bits per heavy atom. The minimum absolute atomic E-state index is 0. The third-order valence-corrected chi connectivity index (χ3v) is 3.24. The van der Waals surface area contributed by atoms with Crippen LogP contribution in [0.5, 0.6) is 5.75 Å². The van der Waals surface area contributed by atoms with Crippen molar-refractivity contribution in [1.29, 1.82) is 0 Å². The number of carbonyl (C=O) groups is 1. The molecule has 0 aliphatic heterocycles. The molecule has 1 heterocycles. The van der Waals surface area contributed by atoms with Crippen molar-refractivity contribution in [3.63, 3.8) is 0 Å². The zero-order chi connectivity index (χ0) is 15.4. The van der Waals surface area contributed by atoms with Gasteiger partial charge in [-0.15, -0.1) is 0 Å². The van der Waals surface area contributed by atoms with Crippen LogP contribution in [0.3, 0.4) is 0 Å². The maximum absolute atomic E-state index is 10.6. The van der Waals surface area contributed by atoms with Crippen molar-refractivity contribution in [2.75, 3.05) is 0 Å². The first-order valence-electron chi connectivity index (χ1n) is 6.42. The van der Waals surface area contributed by atoms with Crippen molar-refractivity contribution < 1.29 is 43.9 Å². The molecule has 0 unspecified atom stereocenters. The van der Waals surface area contributed by atoms with Gasteiger partial charge >= 0.3 is 29.6 Å². The van der Waals surface area contributed by atoms with Crippen molar-refractivity contribution in [3.8, 4) is 5.75 Å². The van der Waals surface area contributed by atoms with Gasteiger partial charge < -0.3 is 22.2 Å². The van der Waals surface area contributed by atoms with Gasteiger partial charge in [0.2, 0.25) is 0 Å². The molecule has 0 atom stereocenters. The first-order chi connectivity index (χ1) is 10.0. The number of furan rings is 1. The van der Waals surface area contributed by atoms with Gasteiger partial charge in [-0.1, -0.05) is 29.8 Å². The predicted molar refractivity (Wildman–Crippen MR) is 84.8 cm³/mol. The van der Waals surface area contributed by atoms with Gasteiger partial charge in [0.25, 0.3) is 0 Å². The Balaban J connectivity index is 0.000000234. The summed E-state index contributed by atoms with van der Waals surface area (Å²) in [5, 5.41) is 10.1. The van der Waals surface area contributed by atoms with Crippen LogP contribution in [0.15, 0.2) is 51.8 Å². The summed E-state index contributed by atoms with van der Waals surface area (Å²) in [6.45, 7) is 3.82. The zero-order valence-electron chi connectivity index (χ0n) is 12.8. The Morgan fingerprint density at radius 3 is 2.27 bits per heavy atom. The Morgan fingerprint density at radius 2 is 1.73 bits per heavy atom. The van der Waals surface area contributed by atoms with Gasteiger partial charge in [0.05, 0.1) is 0 Å². The van der Waals surface area contributed by atoms with E-state index < -0.39 is 0 Å². The monoisotopic (exact) mass is 322 g/mol. The van der Waals surface area contributed by atoms with E-state index in [0.717, 1.165) is 11.2 Å². The van der Waals surface area contributed by atoms with E-state index in [9.17, 15) is 9.90 Å². The van der Waals surface area contributed by atoms with Crippen molar-refractivity contribution >= 4 is 29.9 Å². The molecule has 3 rings (SSSR count). The van der Waals surface area contributed by atoms with E-state index in [1.807, 2.05) is 24.3 Å². The first kappa shape index (κ1) is 18.7. The fourth-order valence-electron chi connectivity index (χ4n) is 1.89. The smallest absolute Gasteiger partial charge is 0.780 e. The fourth-order valence-corrected chi connectivity index (χ4v) is 2.03. The van der Waals surface area contributed by atoms with Crippen LogP contribution in [-0.4, -0.2) is 11.4 Å². The first-order valence-corrected chi connectivity index (χ1v) is 6.83. The van der Waals surface area contributed by atoms with E-state index in [0.29, 0.717) is 22.3 Å². The second-order valence-corrected chi connectivity index (χ2v) is 5.18. The largest absolute Gasteiger partial charge is 1.00 e. The molecule has 108 valence electrons. The van der Waals surface area contributed by atoms with Crippen molar-refractivity contribution in [1.82, 2.24) is 0 Å². The van der Waals surface area contributed by atoms with Crippen LogP contribution in [0, 0.1) is 13.8 Å². The Bertz CT molecular complexity index is 742. The summed E-state index contributed by atoms with van der Waals surface area (Å²) in [6.07, 6.45) is 0.747. The molecule has 1 N–H and O–H groups in total. The topological polar surface area (TPSA) is 50.4 Å². The Labute approximate surface area is 157 Å². The number of phenolic OH excluding ortho intramolecular Hbond substituents is 1. The van der Waals surface area contributed by atoms with Gasteiger partial charge in [0.1, 0.15) is 5.76 Å². The molecule has 2 aromatic carbocycles. The van der Waals surface area contributed by atoms with Gasteiger partial charge in [0, 0.05) is 10.9 Å². The molecule has 0 amide bonds. The van der Waals surface area contributed by atoms with Crippen LogP contribution in [0.2, 0.25) is 0 Å². The summed E-state index contributed by atoms with van der Waals surface area (Å²) in [5.41, 5.74) is 2.17. The number of aromatic hydroxyl groups is 1. The van der Waals surface area contributed by atoms with Gasteiger partial charge in [-0.25, -0.2) is 0 Å². The van der Waals surface area contributed by atoms with E-state index in [1.165, 1.54) is 11.6 Å². The number of aldehydes is 1. The van der Waals surface area contributed by atoms with Crippen LogP contribution >= 0.6 is 0 Å². The summed E-state index contributed by atoms with van der Waals surface area (Å²) in [5.74, 6) is 0.744. The number of aryl methyl sites for hydroxylation is 2. The molecule has 0 bridgehead atoms. The third kappa shape index (κ3) is 4.58. The van der Waals surface area contributed by atoms with Crippen LogP contribution in [0.4, 0.5) is 0 Å². The quantitative estimate of drug-likeness (QED) is 0.415. The number of hydrogen-bond donors (Lipinski definition) is 1. The molecule has 5 heteroatoms. The Hall–Kier alpha value is -1.33. The molecular formula is C17H15NaO3S. The minimum atomic E-state index is 0. The second kappa shape index (κ2) is 8.34. The molecule has 0 spiro atoms. The van der Waals surface area contributed by atoms with Crippen LogP contribution in [0.25, 0.3) is 11.0 Å².